The van der Waals surface area contributed by atoms with Crippen LogP contribution in [0.5, 0.6) is 0 Å². The zero-order valence-electron chi connectivity index (χ0n) is 9.63. The first-order chi connectivity index (χ1) is 8.84. The minimum Gasteiger partial charge on any atom is -0.278 e. The van der Waals surface area contributed by atoms with Gasteiger partial charge in [-0.05, 0) is 18.2 Å². The molecule has 4 nitrogen and oxygen atoms in total. The topological polar surface area (TPSA) is 58.1 Å². The highest BCUT2D eigenvalue weighted by Crippen LogP contribution is 2.15. The van der Waals surface area contributed by atoms with Gasteiger partial charge in [0.15, 0.2) is 0 Å². The van der Waals surface area contributed by atoms with Crippen LogP contribution in [0.25, 0.3) is 0 Å². The van der Waals surface area contributed by atoms with Gasteiger partial charge in [-0.25, -0.2) is 10.1 Å². The van der Waals surface area contributed by atoms with Gasteiger partial charge in [-0.1, -0.05) is 30.3 Å². The van der Waals surface area contributed by atoms with Gasteiger partial charge in [0.2, 0.25) is 5.71 Å². The first kappa shape index (κ1) is 10.7. The fourth-order valence-corrected chi connectivity index (χ4v) is 1.93. The average molecular weight is 238 g/mol. The number of para-hydroxylation sites is 2. The maximum Gasteiger partial charge on any atom is 0.368 e. The molecule has 4 heteroatoms. The van der Waals surface area contributed by atoms with Crippen LogP contribution in [0.2, 0.25) is 0 Å². The Morgan fingerprint density at radius 3 is 2.50 bits per heavy atom. The number of quaternary nitrogens is 1. The monoisotopic (exact) mass is 238 g/mol. The van der Waals surface area contributed by atoms with E-state index < -0.39 is 0 Å². The number of hydrazone groups is 1. The quantitative estimate of drug-likeness (QED) is 0.611. The summed E-state index contributed by atoms with van der Waals surface area (Å²) in [4.78, 5) is 11.8. The predicted octanol–water partition coefficient (Wildman–Crippen LogP) is 1.24. The smallest absolute Gasteiger partial charge is 0.278 e. The van der Waals surface area contributed by atoms with Crippen LogP contribution in [0.15, 0.2) is 59.7 Å². The van der Waals surface area contributed by atoms with Crippen molar-refractivity contribution >= 4 is 23.0 Å². The number of hydrogen-bond donors (Lipinski definition) is 2. The van der Waals surface area contributed by atoms with Crippen LogP contribution < -0.4 is 10.7 Å². The van der Waals surface area contributed by atoms with Crippen LogP contribution in [0, 0.1) is 0 Å². The van der Waals surface area contributed by atoms with E-state index in [1.165, 1.54) is 0 Å². The normalized spacial score (nSPS) is 15.8. The molecule has 2 aromatic carbocycles. The molecule has 0 atom stereocenters. The fraction of sp³-hybridized carbons (Fsp3) is 0. The average Bonchev–Trinajstić information content (AvgIpc) is 2.73. The van der Waals surface area contributed by atoms with E-state index in [1.807, 2.05) is 54.6 Å². The molecule has 0 bridgehead atoms. The molecule has 0 fully saturated rings. The Labute approximate surface area is 104 Å². The number of nitrogens with one attached hydrogen (secondary N) is 1. The molecule has 0 spiro atoms. The molecule has 1 aliphatic heterocycles. The van der Waals surface area contributed by atoms with Crippen molar-refractivity contribution in [2.45, 2.75) is 0 Å². The minimum absolute atomic E-state index is 0.0559. The van der Waals surface area contributed by atoms with E-state index in [0.29, 0.717) is 5.71 Å². The summed E-state index contributed by atoms with van der Waals surface area (Å²) in [6, 6.07) is 17.2. The second kappa shape index (κ2) is 4.43. The van der Waals surface area contributed by atoms with Gasteiger partial charge in [-0.15, -0.1) is 0 Å². The highest BCUT2D eigenvalue weighted by atomic mass is 16.2. The lowest BCUT2D eigenvalue weighted by Crippen LogP contribution is -2.81. The molecule has 1 aliphatic rings. The third kappa shape index (κ3) is 1.89. The van der Waals surface area contributed by atoms with Crippen molar-refractivity contribution < 1.29 is 10.1 Å². The van der Waals surface area contributed by atoms with Crippen molar-refractivity contribution in [3.05, 3.63) is 60.2 Å². The largest absolute Gasteiger partial charge is 0.368 e. The van der Waals surface area contributed by atoms with Crippen LogP contribution in [0.4, 0.5) is 11.4 Å². The molecule has 0 saturated heterocycles. The zero-order chi connectivity index (χ0) is 12.4. The van der Waals surface area contributed by atoms with E-state index in [1.54, 1.807) is 5.32 Å². The first-order valence-corrected chi connectivity index (χ1v) is 5.72. The van der Waals surface area contributed by atoms with E-state index in [0.717, 1.165) is 16.9 Å². The van der Waals surface area contributed by atoms with Gasteiger partial charge < -0.3 is 0 Å². The van der Waals surface area contributed by atoms with E-state index in [-0.39, 0.29) is 5.91 Å². The van der Waals surface area contributed by atoms with Gasteiger partial charge in [-0.2, -0.15) is 5.10 Å². The molecule has 0 saturated carbocycles. The number of carbonyl (C=O) groups excluding carboxylic acids is 1. The van der Waals surface area contributed by atoms with Crippen molar-refractivity contribution in [2.24, 2.45) is 5.10 Å². The predicted molar refractivity (Wildman–Crippen MR) is 69.6 cm³/mol. The number of fused-ring (bicyclic) bond motifs is 1. The molecule has 0 radical (unpaired) electrons. The molecular formula is C14H12N3O+. The molecule has 0 aromatic heterocycles. The number of hydrogen-bond acceptors (Lipinski definition) is 3. The summed E-state index contributed by atoms with van der Waals surface area (Å²) in [5.74, 6) is -0.0559. The second-order valence-corrected chi connectivity index (χ2v) is 4.03. The molecule has 0 unspecified atom stereocenters. The number of primary amides is 1. The lowest BCUT2D eigenvalue weighted by molar-refractivity contribution is -0.471. The Balaban J connectivity index is 1.91. The minimum atomic E-state index is -0.0559. The van der Waals surface area contributed by atoms with Crippen LogP contribution in [0.1, 0.15) is 5.56 Å². The van der Waals surface area contributed by atoms with Crippen LogP contribution in [-0.4, -0.2) is 11.6 Å². The van der Waals surface area contributed by atoms with E-state index >= 15 is 0 Å². The maximum atomic E-state index is 11.8. The van der Waals surface area contributed by atoms with E-state index in [9.17, 15) is 4.79 Å². The van der Waals surface area contributed by atoms with Gasteiger partial charge in [0.1, 0.15) is 5.69 Å². The third-order valence-corrected chi connectivity index (χ3v) is 2.81. The SMILES string of the molecule is O=C1[NH2+]c2ccccc2C1=NNc1ccccc1. The molecule has 88 valence electrons. The number of nitrogens with two attached hydrogens (primary N) is 1. The van der Waals surface area contributed by atoms with E-state index in [2.05, 4.69) is 10.5 Å². The highest BCUT2D eigenvalue weighted by molar-refractivity contribution is 6.45. The second-order valence-electron chi connectivity index (χ2n) is 4.03. The Morgan fingerprint density at radius 1 is 0.944 bits per heavy atom. The summed E-state index contributed by atoms with van der Waals surface area (Å²) in [5, 5.41) is 5.81. The zero-order valence-corrected chi connectivity index (χ0v) is 9.63. The fourth-order valence-electron chi connectivity index (χ4n) is 1.93. The van der Waals surface area contributed by atoms with E-state index in [4.69, 9.17) is 0 Å². The molecule has 3 N–H and O–H groups in total. The summed E-state index contributed by atoms with van der Waals surface area (Å²) in [5.41, 5.74) is 6.04. The van der Waals surface area contributed by atoms with Crippen molar-refractivity contribution in [3.63, 3.8) is 0 Å². The maximum absolute atomic E-state index is 11.8. The van der Waals surface area contributed by atoms with Gasteiger partial charge in [0.05, 0.1) is 11.3 Å². The number of anilines is 1. The van der Waals surface area contributed by atoms with Crippen LogP contribution in [-0.2, 0) is 4.79 Å². The molecule has 2 aromatic rings. The Morgan fingerprint density at radius 2 is 1.67 bits per heavy atom. The lowest BCUT2D eigenvalue weighted by atomic mass is 10.1. The molecule has 1 heterocycles. The Bertz CT molecular complexity index is 620. The molecule has 3 rings (SSSR count). The van der Waals surface area contributed by atoms with Gasteiger partial charge in [0.25, 0.3) is 0 Å². The molecular weight excluding hydrogens is 226 g/mol. The molecule has 1 amide bonds. The number of carbonyl (C=O) groups is 1. The first-order valence-electron chi connectivity index (χ1n) is 5.72. The van der Waals surface area contributed by atoms with Gasteiger partial charge in [0, 0.05) is 6.07 Å². The number of rotatable bonds is 2. The standard InChI is InChI=1S/C14H11N3O/c18-14-13(11-8-4-5-9-12(11)15-14)17-16-10-6-2-1-3-7-10/h1-9,16H,(H,15,17,18)/p+1. The summed E-state index contributed by atoms with van der Waals surface area (Å²) in [6.07, 6.45) is 0. The summed E-state index contributed by atoms with van der Waals surface area (Å²) < 4.78 is 0. The molecule has 0 aliphatic carbocycles. The Kier molecular flexibility index (Phi) is 2.63. The van der Waals surface area contributed by atoms with Crippen molar-refractivity contribution in [2.75, 3.05) is 5.43 Å². The summed E-state index contributed by atoms with van der Waals surface area (Å²) in [7, 11) is 0. The van der Waals surface area contributed by atoms with Gasteiger partial charge in [-0.3, -0.25) is 5.43 Å². The lowest BCUT2D eigenvalue weighted by Gasteiger charge is -1.99. The van der Waals surface area contributed by atoms with Crippen LogP contribution >= 0.6 is 0 Å². The van der Waals surface area contributed by atoms with Crippen molar-refractivity contribution in [1.29, 1.82) is 0 Å². The Hall–Kier alpha value is -2.46. The number of benzene rings is 2. The van der Waals surface area contributed by atoms with Crippen molar-refractivity contribution in [3.8, 4) is 0 Å². The molecule has 18 heavy (non-hydrogen) atoms. The van der Waals surface area contributed by atoms with Crippen molar-refractivity contribution in [1.82, 2.24) is 0 Å². The van der Waals surface area contributed by atoms with Gasteiger partial charge >= 0.3 is 5.91 Å². The number of amides is 1. The summed E-state index contributed by atoms with van der Waals surface area (Å²) >= 11 is 0. The van der Waals surface area contributed by atoms with Crippen LogP contribution in [0.3, 0.4) is 0 Å². The number of nitrogens with zero attached hydrogens (tertiary/aromatic N) is 1. The summed E-state index contributed by atoms with van der Waals surface area (Å²) in [6.45, 7) is 0. The third-order valence-electron chi connectivity index (χ3n) is 2.81. The highest BCUT2D eigenvalue weighted by Gasteiger charge is 2.31.